The van der Waals surface area contributed by atoms with Crippen LogP contribution in [0, 0.1) is 35.3 Å². The molecule has 0 aliphatic heterocycles. The first-order chi connectivity index (χ1) is 9.52. The van der Waals surface area contributed by atoms with Crippen molar-refractivity contribution >= 4 is 22.8 Å². The summed E-state index contributed by atoms with van der Waals surface area (Å²) < 4.78 is 0. The van der Waals surface area contributed by atoms with Crippen molar-refractivity contribution < 1.29 is 4.92 Å². The maximum absolute atomic E-state index is 11.0. The third-order valence-electron chi connectivity index (χ3n) is 2.65. The van der Waals surface area contributed by atoms with Gasteiger partial charge in [-0.2, -0.15) is 5.26 Å². The predicted molar refractivity (Wildman–Crippen MR) is 74.5 cm³/mol. The van der Waals surface area contributed by atoms with Crippen LogP contribution >= 0.6 is 11.3 Å². The van der Waals surface area contributed by atoms with Crippen LogP contribution in [0.5, 0.6) is 0 Å². The zero-order valence-electron chi connectivity index (χ0n) is 10.9. The molecule has 0 atom stereocenters. The summed E-state index contributed by atoms with van der Waals surface area (Å²) in [6.45, 7) is 4.17. The van der Waals surface area contributed by atoms with Crippen LogP contribution in [0.3, 0.4) is 0 Å². The average molecular weight is 289 g/mol. The summed E-state index contributed by atoms with van der Waals surface area (Å²) in [6, 6.07) is 3.12. The predicted octanol–water partition coefficient (Wildman–Crippen LogP) is 2.55. The molecule has 0 aliphatic carbocycles. The minimum absolute atomic E-state index is 0.0151. The summed E-state index contributed by atoms with van der Waals surface area (Å²) in [5.74, 6) is 0.0825. The summed E-state index contributed by atoms with van der Waals surface area (Å²) >= 11 is 1.56. The van der Waals surface area contributed by atoms with Gasteiger partial charge in [-0.25, -0.2) is 9.97 Å². The van der Waals surface area contributed by atoms with E-state index in [1.807, 2.05) is 13.8 Å². The van der Waals surface area contributed by atoms with Crippen molar-refractivity contribution in [2.24, 2.45) is 0 Å². The smallest absolute Gasteiger partial charge is 0.328 e. The monoisotopic (exact) mass is 289 g/mol. The highest BCUT2D eigenvalue weighted by Gasteiger charge is 2.21. The first-order valence-electron chi connectivity index (χ1n) is 5.73. The van der Waals surface area contributed by atoms with E-state index < -0.39 is 4.92 Å². The van der Waals surface area contributed by atoms with Crippen molar-refractivity contribution in [1.82, 2.24) is 9.97 Å². The lowest BCUT2D eigenvalue weighted by atomic mass is 10.2. The number of nitriles is 1. The van der Waals surface area contributed by atoms with Crippen LogP contribution in [0.4, 0.5) is 11.5 Å². The molecule has 0 radical (unpaired) electrons. The molecule has 0 bridgehead atoms. The summed E-state index contributed by atoms with van der Waals surface area (Å²) in [5.41, 5.74) is 0.504. The Bertz CT molecular complexity index is 704. The molecule has 0 saturated carbocycles. The van der Waals surface area contributed by atoms with E-state index in [-0.39, 0.29) is 17.1 Å². The second kappa shape index (κ2) is 5.63. The van der Waals surface area contributed by atoms with Crippen molar-refractivity contribution in [2.45, 2.75) is 20.4 Å². The highest BCUT2D eigenvalue weighted by atomic mass is 32.1. The van der Waals surface area contributed by atoms with Crippen molar-refractivity contribution in [2.75, 3.05) is 5.32 Å². The number of thiazole rings is 1. The number of rotatable bonds is 4. The molecule has 0 saturated heterocycles. The highest BCUT2D eigenvalue weighted by molar-refractivity contribution is 7.11. The molecule has 0 fully saturated rings. The third-order valence-corrected chi connectivity index (χ3v) is 3.58. The Morgan fingerprint density at radius 1 is 1.55 bits per heavy atom. The topological polar surface area (TPSA) is 105 Å². The van der Waals surface area contributed by atoms with Gasteiger partial charge in [-0.15, -0.1) is 11.3 Å². The van der Waals surface area contributed by atoms with Gasteiger partial charge in [-0.05, 0) is 19.9 Å². The van der Waals surface area contributed by atoms with Gasteiger partial charge in [-0.3, -0.25) is 10.1 Å². The fraction of sp³-hybridized carbons (Fsp3) is 0.250. The molecule has 1 N–H and O–H groups in total. The Morgan fingerprint density at radius 2 is 2.30 bits per heavy atom. The van der Waals surface area contributed by atoms with Gasteiger partial charge in [-0.1, -0.05) is 0 Å². The molecule has 8 heteroatoms. The van der Waals surface area contributed by atoms with Crippen LogP contribution in [-0.4, -0.2) is 14.9 Å². The summed E-state index contributed by atoms with van der Waals surface area (Å²) in [7, 11) is 0. The number of nitrogens with one attached hydrogen (secondary N) is 1. The van der Waals surface area contributed by atoms with E-state index in [2.05, 4.69) is 15.3 Å². The Kier molecular flexibility index (Phi) is 3.91. The fourth-order valence-corrected chi connectivity index (χ4v) is 2.60. The van der Waals surface area contributed by atoms with E-state index >= 15 is 0 Å². The SMILES string of the molecule is Cc1nc(CNc2nccc(C#N)c2[N+](=O)[O-])c(C)s1. The molecule has 2 aromatic rings. The molecular weight excluding hydrogens is 278 g/mol. The lowest BCUT2D eigenvalue weighted by Crippen LogP contribution is -2.07. The molecule has 20 heavy (non-hydrogen) atoms. The molecule has 2 rings (SSSR count). The lowest BCUT2D eigenvalue weighted by Gasteiger charge is -2.05. The number of aromatic nitrogens is 2. The van der Waals surface area contributed by atoms with E-state index in [0.29, 0.717) is 6.54 Å². The molecule has 2 aromatic heterocycles. The summed E-state index contributed by atoms with van der Waals surface area (Å²) in [5, 5.41) is 23.8. The number of anilines is 1. The number of nitro groups is 1. The van der Waals surface area contributed by atoms with Crippen LogP contribution in [0.25, 0.3) is 0 Å². The standard InChI is InChI=1S/C12H11N5O2S/c1-7-10(16-8(2)20-7)6-15-12-11(17(18)19)9(5-13)3-4-14-12/h3-4H,6H2,1-2H3,(H,14,15). The van der Waals surface area contributed by atoms with Crippen LogP contribution < -0.4 is 5.32 Å². The molecule has 0 unspecified atom stereocenters. The minimum atomic E-state index is -0.604. The minimum Gasteiger partial charge on any atom is -0.359 e. The second-order valence-corrected chi connectivity index (χ2v) is 5.42. The fourth-order valence-electron chi connectivity index (χ4n) is 1.76. The molecule has 0 aliphatic rings. The maximum Gasteiger partial charge on any atom is 0.328 e. The van der Waals surface area contributed by atoms with Gasteiger partial charge in [0.05, 0.1) is 22.2 Å². The lowest BCUT2D eigenvalue weighted by molar-refractivity contribution is -0.384. The maximum atomic E-state index is 11.0. The first-order valence-corrected chi connectivity index (χ1v) is 6.55. The first kappa shape index (κ1) is 13.9. The molecule has 0 spiro atoms. The van der Waals surface area contributed by atoms with Crippen LogP contribution in [-0.2, 0) is 6.54 Å². The molecule has 0 amide bonds. The van der Waals surface area contributed by atoms with E-state index in [1.165, 1.54) is 12.3 Å². The number of pyridine rings is 1. The zero-order chi connectivity index (χ0) is 14.7. The van der Waals surface area contributed by atoms with E-state index in [0.717, 1.165) is 15.6 Å². The highest BCUT2D eigenvalue weighted by Crippen LogP contribution is 2.26. The Labute approximate surface area is 119 Å². The van der Waals surface area contributed by atoms with Crippen molar-refractivity contribution in [3.05, 3.63) is 43.5 Å². The van der Waals surface area contributed by atoms with Gasteiger partial charge in [0.1, 0.15) is 11.6 Å². The Hall–Kier alpha value is -2.53. The van der Waals surface area contributed by atoms with Gasteiger partial charge in [0.15, 0.2) is 0 Å². The second-order valence-electron chi connectivity index (χ2n) is 4.01. The number of hydrogen-bond donors (Lipinski definition) is 1. The third kappa shape index (κ3) is 2.73. The van der Waals surface area contributed by atoms with Crippen LogP contribution in [0.2, 0.25) is 0 Å². The van der Waals surface area contributed by atoms with Gasteiger partial charge >= 0.3 is 5.69 Å². The average Bonchev–Trinajstić information content (AvgIpc) is 2.73. The normalized spacial score (nSPS) is 10.1. The molecule has 0 aromatic carbocycles. The van der Waals surface area contributed by atoms with Gasteiger partial charge < -0.3 is 5.32 Å². The quantitative estimate of drug-likeness (QED) is 0.685. The van der Waals surface area contributed by atoms with Crippen LogP contribution in [0.1, 0.15) is 21.1 Å². The largest absolute Gasteiger partial charge is 0.359 e. The number of hydrogen-bond acceptors (Lipinski definition) is 7. The molecular formula is C12H11N5O2S. The number of nitrogens with zero attached hydrogens (tertiary/aromatic N) is 4. The van der Waals surface area contributed by atoms with E-state index in [4.69, 9.17) is 5.26 Å². The summed E-state index contributed by atoms with van der Waals surface area (Å²) in [4.78, 5) is 19.8. The van der Waals surface area contributed by atoms with E-state index in [1.54, 1.807) is 17.4 Å². The van der Waals surface area contributed by atoms with E-state index in [9.17, 15) is 10.1 Å². The summed E-state index contributed by atoms with van der Waals surface area (Å²) in [6.07, 6.45) is 1.37. The van der Waals surface area contributed by atoms with Gasteiger partial charge in [0.25, 0.3) is 0 Å². The van der Waals surface area contributed by atoms with Gasteiger partial charge in [0.2, 0.25) is 5.82 Å². The molecule has 7 nitrogen and oxygen atoms in total. The molecule has 102 valence electrons. The van der Waals surface area contributed by atoms with Crippen molar-refractivity contribution in [3.63, 3.8) is 0 Å². The Morgan fingerprint density at radius 3 is 2.85 bits per heavy atom. The van der Waals surface area contributed by atoms with Crippen LogP contribution in [0.15, 0.2) is 12.3 Å². The van der Waals surface area contributed by atoms with Crippen molar-refractivity contribution in [1.29, 1.82) is 5.26 Å². The Balaban J connectivity index is 2.28. The number of aryl methyl sites for hydroxylation is 2. The zero-order valence-corrected chi connectivity index (χ0v) is 11.7. The van der Waals surface area contributed by atoms with Gasteiger partial charge in [0, 0.05) is 11.1 Å². The molecule has 2 heterocycles. The van der Waals surface area contributed by atoms with Crippen molar-refractivity contribution in [3.8, 4) is 6.07 Å².